The van der Waals surface area contributed by atoms with Crippen molar-refractivity contribution in [2.45, 2.75) is 26.8 Å². The highest BCUT2D eigenvalue weighted by Gasteiger charge is 2.11. The van der Waals surface area contributed by atoms with E-state index in [9.17, 15) is 9.59 Å². The van der Waals surface area contributed by atoms with E-state index >= 15 is 0 Å². The van der Waals surface area contributed by atoms with Crippen molar-refractivity contribution >= 4 is 17.9 Å². The van der Waals surface area contributed by atoms with E-state index in [1.807, 2.05) is 32.0 Å². The Morgan fingerprint density at radius 2 is 1.81 bits per heavy atom. The number of aromatic nitrogens is 1. The molecule has 0 aliphatic carbocycles. The molecule has 0 atom stereocenters. The lowest BCUT2D eigenvalue weighted by atomic mass is 10.1. The average Bonchev–Trinajstić information content (AvgIpc) is 2.46. The number of anilines is 1. The number of benzene rings is 1. The second-order valence-electron chi connectivity index (χ2n) is 5.19. The van der Waals surface area contributed by atoms with Gasteiger partial charge in [-0.2, -0.15) is 0 Å². The van der Waals surface area contributed by atoms with Crippen molar-refractivity contribution < 1.29 is 9.59 Å². The van der Waals surface area contributed by atoms with Gasteiger partial charge in [0.2, 0.25) is 0 Å². The van der Waals surface area contributed by atoms with Crippen LogP contribution >= 0.6 is 0 Å². The third kappa shape index (κ3) is 3.54. The van der Waals surface area contributed by atoms with Crippen LogP contribution in [0, 0.1) is 0 Å². The lowest BCUT2D eigenvalue weighted by molar-refractivity contribution is 0.101. The zero-order valence-electron chi connectivity index (χ0n) is 12.4. The minimum Gasteiger partial charge on any atom is -0.367 e. The molecule has 4 heteroatoms. The maximum atomic E-state index is 11.7. The number of Topliss-reactive ketones (excluding diaryl/α,β-unsaturated/α-hetero) is 1. The minimum absolute atomic E-state index is 0.0199. The van der Waals surface area contributed by atoms with Crippen molar-refractivity contribution in [3.05, 3.63) is 47.5 Å². The van der Waals surface area contributed by atoms with Gasteiger partial charge in [-0.15, -0.1) is 0 Å². The van der Waals surface area contributed by atoms with E-state index in [1.165, 1.54) is 6.92 Å². The van der Waals surface area contributed by atoms with E-state index in [1.54, 1.807) is 18.2 Å². The number of ketones is 1. The van der Waals surface area contributed by atoms with Crippen LogP contribution in [-0.4, -0.2) is 23.1 Å². The molecule has 108 valence electrons. The summed E-state index contributed by atoms with van der Waals surface area (Å²) in [5, 5.41) is 3.20. The molecule has 2 aromatic rings. The first kappa shape index (κ1) is 14.9. The van der Waals surface area contributed by atoms with Crippen LogP contribution in [0.15, 0.2) is 36.4 Å². The van der Waals surface area contributed by atoms with Crippen molar-refractivity contribution in [3.8, 4) is 11.3 Å². The second kappa shape index (κ2) is 6.31. The Morgan fingerprint density at radius 3 is 2.33 bits per heavy atom. The topological polar surface area (TPSA) is 59.1 Å². The summed E-state index contributed by atoms with van der Waals surface area (Å²) in [6.45, 7) is 5.52. The van der Waals surface area contributed by atoms with Gasteiger partial charge < -0.3 is 5.32 Å². The number of aldehydes is 1. The van der Waals surface area contributed by atoms with Crippen LogP contribution in [-0.2, 0) is 0 Å². The van der Waals surface area contributed by atoms with E-state index < -0.39 is 0 Å². The molecule has 1 N–H and O–H groups in total. The molecule has 0 fully saturated rings. The fourth-order valence-electron chi connectivity index (χ4n) is 2.02. The van der Waals surface area contributed by atoms with Gasteiger partial charge in [-0.25, -0.2) is 4.98 Å². The lowest BCUT2D eigenvalue weighted by Gasteiger charge is -2.14. The molecule has 0 saturated carbocycles. The van der Waals surface area contributed by atoms with Crippen molar-refractivity contribution in [3.63, 3.8) is 0 Å². The average molecular weight is 282 g/mol. The van der Waals surface area contributed by atoms with Crippen molar-refractivity contribution in [2.24, 2.45) is 0 Å². The summed E-state index contributed by atoms with van der Waals surface area (Å²) in [4.78, 5) is 26.9. The Hall–Kier alpha value is -2.49. The van der Waals surface area contributed by atoms with E-state index in [4.69, 9.17) is 0 Å². The molecule has 4 nitrogen and oxygen atoms in total. The maximum Gasteiger partial charge on any atom is 0.163 e. The summed E-state index contributed by atoms with van der Waals surface area (Å²) in [5.74, 6) is 0.572. The molecule has 0 radical (unpaired) electrons. The molecule has 0 bridgehead atoms. The van der Waals surface area contributed by atoms with Gasteiger partial charge in [0.25, 0.3) is 0 Å². The number of nitrogens with zero attached hydrogens (tertiary/aromatic N) is 1. The van der Waals surface area contributed by atoms with Gasteiger partial charge in [-0.1, -0.05) is 24.3 Å². The Labute approximate surface area is 124 Å². The smallest absolute Gasteiger partial charge is 0.163 e. The van der Waals surface area contributed by atoms with Crippen LogP contribution in [0.2, 0.25) is 0 Å². The predicted molar refractivity (Wildman–Crippen MR) is 83.8 cm³/mol. The predicted octanol–water partition coefficient (Wildman–Crippen LogP) is 3.58. The molecule has 0 spiro atoms. The van der Waals surface area contributed by atoms with Gasteiger partial charge in [0.05, 0.1) is 11.3 Å². The Morgan fingerprint density at radius 1 is 1.14 bits per heavy atom. The normalized spacial score (nSPS) is 10.5. The van der Waals surface area contributed by atoms with Crippen LogP contribution < -0.4 is 5.32 Å². The molecule has 0 aliphatic heterocycles. The molecule has 2 rings (SSSR count). The van der Waals surface area contributed by atoms with Gasteiger partial charge >= 0.3 is 0 Å². The first-order valence-corrected chi connectivity index (χ1v) is 6.85. The van der Waals surface area contributed by atoms with Gasteiger partial charge in [-0.05, 0) is 32.9 Å². The highest BCUT2D eigenvalue weighted by molar-refractivity contribution is 5.99. The summed E-state index contributed by atoms with van der Waals surface area (Å²) in [5.41, 5.74) is 2.87. The molecule has 21 heavy (non-hydrogen) atoms. The van der Waals surface area contributed by atoms with Gasteiger partial charge in [0.1, 0.15) is 12.1 Å². The van der Waals surface area contributed by atoms with E-state index in [-0.39, 0.29) is 11.8 Å². The van der Waals surface area contributed by atoms with Crippen LogP contribution in [0.3, 0.4) is 0 Å². The van der Waals surface area contributed by atoms with Crippen molar-refractivity contribution in [2.75, 3.05) is 5.32 Å². The number of pyridine rings is 1. The molecule has 0 amide bonds. The molecule has 1 aromatic heterocycles. The van der Waals surface area contributed by atoms with Crippen molar-refractivity contribution in [1.29, 1.82) is 0 Å². The SMILES string of the molecule is CC(=O)c1ccc(-c2ccc(C=O)cc2)nc1NC(C)C. The monoisotopic (exact) mass is 282 g/mol. The molecule has 0 unspecified atom stereocenters. The first-order chi connectivity index (χ1) is 10.0. The number of carbonyl (C=O) groups excluding carboxylic acids is 2. The Kier molecular flexibility index (Phi) is 4.48. The summed E-state index contributed by atoms with van der Waals surface area (Å²) in [6.07, 6.45) is 0.807. The molecule has 1 heterocycles. The number of nitrogens with one attached hydrogen (secondary N) is 1. The summed E-state index contributed by atoms with van der Waals surface area (Å²) in [6, 6.07) is 11.0. The standard InChI is InChI=1S/C17H18N2O2/c1-11(2)18-17-15(12(3)21)8-9-16(19-17)14-6-4-13(10-20)5-7-14/h4-11H,1-3H3,(H,18,19). The fraction of sp³-hybridized carbons (Fsp3) is 0.235. The largest absolute Gasteiger partial charge is 0.367 e. The third-order valence-electron chi connectivity index (χ3n) is 3.04. The quantitative estimate of drug-likeness (QED) is 0.672. The van der Waals surface area contributed by atoms with Gasteiger partial charge in [0, 0.05) is 17.2 Å². The number of hydrogen-bond acceptors (Lipinski definition) is 4. The van der Waals surface area contributed by atoms with Crippen LogP contribution in [0.25, 0.3) is 11.3 Å². The molecule has 1 aromatic carbocycles. The molecule has 0 aliphatic rings. The first-order valence-electron chi connectivity index (χ1n) is 6.85. The van der Waals surface area contributed by atoms with Crippen LogP contribution in [0.4, 0.5) is 5.82 Å². The highest BCUT2D eigenvalue weighted by Crippen LogP contribution is 2.23. The van der Waals surface area contributed by atoms with Crippen LogP contribution in [0.1, 0.15) is 41.5 Å². The van der Waals surface area contributed by atoms with Gasteiger partial charge in [0.15, 0.2) is 5.78 Å². The second-order valence-corrected chi connectivity index (χ2v) is 5.19. The zero-order valence-corrected chi connectivity index (χ0v) is 12.4. The van der Waals surface area contributed by atoms with Gasteiger partial charge in [-0.3, -0.25) is 9.59 Å². The highest BCUT2D eigenvalue weighted by atomic mass is 16.1. The van der Waals surface area contributed by atoms with Crippen LogP contribution in [0.5, 0.6) is 0 Å². The summed E-state index contributed by atoms with van der Waals surface area (Å²) in [7, 11) is 0. The van der Waals surface area contributed by atoms with E-state index in [0.29, 0.717) is 16.9 Å². The fourth-order valence-corrected chi connectivity index (χ4v) is 2.02. The number of carbonyl (C=O) groups is 2. The summed E-state index contributed by atoms with van der Waals surface area (Å²) >= 11 is 0. The Balaban J connectivity index is 2.44. The lowest BCUT2D eigenvalue weighted by Crippen LogP contribution is -2.14. The Bertz CT molecular complexity index is 661. The number of hydrogen-bond donors (Lipinski definition) is 1. The number of rotatable bonds is 5. The maximum absolute atomic E-state index is 11.7. The third-order valence-corrected chi connectivity index (χ3v) is 3.04. The minimum atomic E-state index is -0.0199. The molecular weight excluding hydrogens is 264 g/mol. The van der Waals surface area contributed by atoms with E-state index in [0.717, 1.165) is 17.5 Å². The molecule has 0 saturated heterocycles. The summed E-state index contributed by atoms with van der Waals surface area (Å²) < 4.78 is 0. The van der Waals surface area contributed by atoms with Crippen molar-refractivity contribution in [1.82, 2.24) is 4.98 Å². The molecular formula is C17H18N2O2. The zero-order chi connectivity index (χ0) is 15.4. The van der Waals surface area contributed by atoms with E-state index in [2.05, 4.69) is 10.3 Å².